The maximum atomic E-state index is 12.7. The summed E-state index contributed by atoms with van der Waals surface area (Å²) in [6, 6.07) is -0.778. The molecular formula is C16H21NO4. The first-order chi connectivity index (χ1) is 9.95. The Morgan fingerprint density at radius 3 is 2.19 bits per heavy atom. The minimum Gasteiger partial charge on any atom is -0.467 e. The number of nitrogens with zero attached hydrogens (tertiary/aromatic N) is 1. The predicted molar refractivity (Wildman–Crippen MR) is 74.8 cm³/mol. The van der Waals surface area contributed by atoms with Gasteiger partial charge in [-0.15, -0.1) is 0 Å². The Morgan fingerprint density at radius 1 is 1.24 bits per heavy atom. The first-order valence-corrected chi connectivity index (χ1v) is 7.58. The number of hydrogen-bond acceptors (Lipinski definition) is 4. The Balaban J connectivity index is 1.90. The number of carbonyl (C=O) groups excluding carboxylic acids is 3. The Bertz CT molecular complexity index is 494. The summed E-state index contributed by atoms with van der Waals surface area (Å²) in [5.74, 6) is -0.845. The van der Waals surface area contributed by atoms with E-state index in [1.54, 1.807) is 0 Å². The van der Waals surface area contributed by atoms with Crippen molar-refractivity contribution in [1.29, 1.82) is 0 Å². The first kappa shape index (κ1) is 14.3. The summed E-state index contributed by atoms with van der Waals surface area (Å²) in [7, 11) is 1.30. The summed E-state index contributed by atoms with van der Waals surface area (Å²) in [5.41, 5.74) is 0. The van der Waals surface area contributed by atoms with E-state index in [-0.39, 0.29) is 41.4 Å². The molecule has 1 aliphatic heterocycles. The van der Waals surface area contributed by atoms with Gasteiger partial charge in [0.05, 0.1) is 18.9 Å². The quantitative estimate of drug-likeness (QED) is 0.446. The monoisotopic (exact) mass is 291 g/mol. The van der Waals surface area contributed by atoms with E-state index >= 15 is 0 Å². The van der Waals surface area contributed by atoms with Crippen LogP contribution in [0.2, 0.25) is 0 Å². The molecule has 0 radical (unpaired) electrons. The number of ether oxygens (including phenoxy) is 1. The van der Waals surface area contributed by atoms with Crippen LogP contribution >= 0.6 is 0 Å². The van der Waals surface area contributed by atoms with Crippen molar-refractivity contribution in [3.63, 3.8) is 0 Å². The molecule has 2 bridgehead atoms. The number of likely N-dealkylation sites (tertiary alicyclic amines) is 1. The Kier molecular flexibility index (Phi) is 3.38. The highest BCUT2D eigenvalue weighted by atomic mass is 16.5. The van der Waals surface area contributed by atoms with Gasteiger partial charge >= 0.3 is 5.97 Å². The lowest BCUT2D eigenvalue weighted by atomic mass is 9.85. The highest BCUT2D eigenvalue weighted by Gasteiger charge is 2.61. The van der Waals surface area contributed by atoms with Crippen LogP contribution in [0.5, 0.6) is 0 Å². The molecule has 1 heterocycles. The van der Waals surface area contributed by atoms with Crippen LogP contribution in [0.1, 0.15) is 26.7 Å². The van der Waals surface area contributed by atoms with Crippen molar-refractivity contribution in [3.8, 4) is 0 Å². The lowest BCUT2D eigenvalue weighted by Crippen LogP contribution is -2.47. The van der Waals surface area contributed by atoms with E-state index in [4.69, 9.17) is 4.74 Å². The summed E-state index contributed by atoms with van der Waals surface area (Å²) in [6.45, 7) is 3.93. The Morgan fingerprint density at radius 2 is 1.76 bits per heavy atom. The molecule has 0 aromatic carbocycles. The standard InChI is InChI=1S/C16H21NO4/c1-8(2)6-11(16(20)21-3)17-14(18)12-9-4-5-10(7-9)13(12)15(17)19/h4-5,8-13H,6-7H2,1-3H3/t9-,10-,11-,12-,13+/m0/s1. The van der Waals surface area contributed by atoms with Crippen molar-refractivity contribution in [2.75, 3.05) is 7.11 Å². The SMILES string of the molecule is COC(=O)[C@H](CC(C)C)N1C(=O)[C@@H]2[C@H](C1=O)[C@H]1C=C[C@H]2C1. The van der Waals surface area contributed by atoms with E-state index in [2.05, 4.69) is 12.2 Å². The molecule has 5 atom stereocenters. The van der Waals surface area contributed by atoms with Crippen LogP contribution in [0, 0.1) is 29.6 Å². The van der Waals surface area contributed by atoms with Crippen LogP contribution in [0.3, 0.4) is 0 Å². The molecule has 0 spiro atoms. The number of hydrogen-bond donors (Lipinski definition) is 0. The molecule has 0 aromatic heterocycles. The maximum absolute atomic E-state index is 12.7. The number of rotatable bonds is 4. The molecule has 0 N–H and O–H groups in total. The van der Waals surface area contributed by atoms with Crippen LogP contribution < -0.4 is 0 Å². The van der Waals surface area contributed by atoms with Crippen LogP contribution in [-0.4, -0.2) is 35.8 Å². The number of esters is 1. The van der Waals surface area contributed by atoms with Crippen molar-refractivity contribution in [3.05, 3.63) is 12.2 Å². The summed E-state index contributed by atoms with van der Waals surface area (Å²) in [6.07, 6.45) is 5.45. The molecule has 0 aromatic rings. The van der Waals surface area contributed by atoms with E-state index in [9.17, 15) is 14.4 Å². The third kappa shape index (κ3) is 2.01. The predicted octanol–water partition coefficient (Wildman–Crippen LogP) is 1.38. The zero-order chi connectivity index (χ0) is 15.3. The third-order valence-electron chi connectivity index (χ3n) is 4.98. The van der Waals surface area contributed by atoms with Crippen molar-refractivity contribution < 1.29 is 19.1 Å². The van der Waals surface area contributed by atoms with Crippen LogP contribution in [0.4, 0.5) is 0 Å². The minimum absolute atomic E-state index is 0.166. The fraction of sp³-hybridized carbons (Fsp3) is 0.688. The molecule has 1 saturated heterocycles. The fourth-order valence-corrected chi connectivity index (χ4v) is 4.12. The Labute approximate surface area is 124 Å². The zero-order valence-corrected chi connectivity index (χ0v) is 12.6. The number of fused-ring (bicyclic) bond motifs is 5. The average Bonchev–Trinajstić information content (AvgIpc) is 3.10. The molecular weight excluding hydrogens is 270 g/mol. The van der Waals surface area contributed by atoms with E-state index in [0.29, 0.717) is 6.42 Å². The first-order valence-electron chi connectivity index (χ1n) is 7.58. The molecule has 114 valence electrons. The smallest absolute Gasteiger partial charge is 0.329 e. The molecule has 1 saturated carbocycles. The highest BCUT2D eigenvalue weighted by molar-refractivity contribution is 6.08. The summed E-state index contributed by atoms with van der Waals surface area (Å²) in [5, 5.41) is 0. The molecule has 21 heavy (non-hydrogen) atoms. The zero-order valence-electron chi connectivity index (χ0n) is 12.6. The molecule has 3 rings (SSSR count). The van der Waals surface area contributed by atoms with E-state index < -0.39 is 12.0 Å². The lowest BCUT2D eigenvalue weighted by Gasteiger charge is -2.26. The fourth-order valence-electron chi connectivity index (χ4n) is 4.12. The summed E-state index contributed by atoms with van der Waals surface area (Å²) in [4.78, 5) is 38.6. The van der Waals surface area contributed by atoms with Gasteiger partial charge < -0.3 is 4.74 Å². The largest absolute Gasteiger partial charge is 0.467 e. The van der Waals surface area contributed by atoms with Gasteiger partial charge in [0.1, 0.15) is 6.04 Å². The van der Waals surface area contributed by atoms with Crippen molar-refractivity contribution in [2.45, 2.75) is 32.7 Å². The van der Waals surface area contributed by atoms with E-state index in [1.165, 1.54) is 12.0 Å². The maximum Gasteiger partial charge on any atom is 0.329 e. The van der Waals surface area contributed by atoms with Gasteiger partial charge in [-0.2, -0.15) is 0 Å². The summed E-state index contributed by atoms with van der Waals surface area (Å²) >= 11 is 0. The number of imide groups is 1. The number of amides is 2. The van der Waals surface area contributed by atoms with Gasteiger partial charge in [-0.25, -0.2) is 4.79 Å². The molecule has 2 fully saturated rings. The summed E-state index contributed by atoms with van der Waals surface area (Å²) < 4.78 is 4.81. The van der Waals surface area contributed by atoms with Gasteiger partial charge in [-0.3, -0.25) is 14.5 Å². The normalized spacial score (nSPS) is 34.8. The number of allylic oxidation sites excluding steroid dienone is 2. The molecule has 3 aliphatic rings. The number of methoxy groups -OCH3 is 1. The number of carbonyl (C=O) groups is 3. The van der Waals surface area contributed by atoms with Gasteiger partial charge in [-0.05, 0) is 30.6 Å². The van der Waals surface area contributed by atoms with E-state index in [1.807, 2.05) is 13.8 Å². The second-order valence-electron chi connectivity index (χ2n) is 6.71. The van der Waals surface area contributed by atoms with Gasteiger partial charge in [0.2, 0.25) is 11.8 Å². The van der Waals surface area contributed by atoms with Crippen LogP contribution in [0.15, 0.2) is 12.2 Å². The van der Waals surface area contributed by atoms with Gasteiger partial charge in [0.25, 0.3) is 0 Å². The Hall–Kier alpha value is -1.65. The minimum atomic E-state index is -0.778. The van der Waals surface area contributed by atoms with Gasteiger partial charge in [0, 0.05) is 0 Å². The molecule has 2 amide bonds. The van der Waals surface area contributed by atoms with Crippen molar-refractivity contribution in [2.24, 2.45) is 29.6 Å². The molecule has 0 unspecified atom stereocenters. The van der Waals surface area contributed by atoms with E-state index in [0.717, 1.165) is 6.42 Å². The average molecular weight is 291 g/mol. The lowest BCUT2D eigenvalue weighted by molar-refractivity contribution is -0.158. The van der Waals surface area contributed by atoms with Crippen molar-refractivity contribution in [1.82, 2.24) is 4.90 Å². The van der Waals surface area contributed by atoms with Crippen molar-refractivity contribution >= 4 is 17.8 Å². The third-order valence-corrected chi connectivity index (χ3v) is 4.98. The van der Waals surface area contributed by atoms with Gasteiger partial charge in [0.15, 0.2) is 0 Å². The molecule has 2 aliphatic carbocycles. The van der Waals surface area contributed by atoms with Crippen LogP contribution in [0.25, 0.3) is 0 Å². The molecule has 5 nitrogen and oxygen atoms in total. The highest BCUT2D eigenvalue weighted by Crippen LogP contribution is 2.53. The topological polar surface area (TPSA) is 63.7 Å². The van der Waals surface area contributed by atoms with Gasteiger partial charge in [-0.1, -0.05) is 26.0 Å². The second-order valence-corrected chi connectivity index (χ2v) is 6.71. The molecule has 5 heteroatoms. The van der Waals surface area contributed by atoms with Crippen LogP contribution in [-0.2, 0) is 19.1 Å². The second kappa shape index (κ2) is 4.97.